The highest BCUT2D eigenvalue weighted by molar-refractivity contribution is 7.85. The van der Waals surface area contributed by atoms with Gasteiger partial charge >= 0.3 is 0 Å². The van der Waals surface area contributed by atoms with E-state index in [-0.39, 0.29) is 5.56 Å². The fourth-order valence-electron chi connectivity index (χ4n) is 0.883. The summed E-state index contributed by atoms with van der Waals surface area (Å²) in [6.07, 6.45) is 1.10. The Labute approximate surface area is 96.0 Å². The molecule has 88 valence electrons. The van der Waals surface area contributed by atoms with E-state index < -0.39 is 27.4 Å². The monoisotopic (exact) mass is 245 g/mol. The molecule has 0 aliphatic rings. The molecule has 0 bridgehead atoms. The van der Waals surface area contributed by atoms with E-state index in [1.807, 2.05) is 0 Å². The Bertz CT molecular complexity index is 438. The van der Waals surface area contributed by atoms with Crippen molar-refractivity contribution in [3.05, 3.63) is 35.4 Å². The zero-order chi connectivity index (χ0) is 12.3. The van der Waals surface area contributed by atoms with E-state index in [2.05, 4.69) is 4.40 Å². The van der Waals surface area contributed by atoms with Crippen molar-refractivity contribution in [3.63, 3.8) is 0 Å². The molecule has 1 rings (SSSR count). The van der Waals surface area contributed by atoms with Crippen molar-refractivity contribution in [2.75, 3.05) is 0 Å². The van der Waals surface area contributed by atoms with Crippen molar-refractivity contribution in [2.45, 2.75) is 25.5 Å². The van der Waals surface area contributed by atoms with Crippen LogP contribution in [0.1, 0.15) is 26.3 Å². The minimum atomic E-state index is -1.47. The van der Waals surface area contributed by atoms with Crippen LogP contribution in [0, 0.1) is 11.6 Å². The van der Waals surface area contributed by atoms with E-state index in [1.54, 1.807) is 20.8 Å². The highest BCUT2D eigenvalue weighted by Crippen LogP contribution is 2.13. The Morgan fingerprint density at radius 3 is 2.50 bits per heavy atom. The zero-order valence-electron chi connectivity index (χ0n) is 9.33. The number of halogens is 2. The Hall–Kier alpha value is -1.10. The van der Waals surface area contributed by atoms with Gasteiger partial charge < -0.3 is 0 Å². The van der Waals surface area contributed by atoms with E-state index in [0.717, 1.165) is 12.3 Å². The molecule has 0 saturated carbocycles. The summed E-state index contributed by atoms with van der Waals surface area (Å²) in [7, 11) is -1.47. The van der Waals surface area contributed by atoms with Crippen molar-refractivity contribution in [1.29, 1.82) is 0 Å². The van der Waals surface area contributed by atoms with Gasteiger partial charge in [-0.1, -0.05) is 12.1 Å². The molecule has 1 aromatic carbocycles. The van der Waals surface area contributed by atoms with Gasteiger partial charge in [0.2, 0.25) is 0 Å². The van der Waals surface area contributed by atoms with Gasteiger partial charge in [0, 0.05) is 11.8 Å². The third kappa shape index (κ3) is 3.20. The SMILES string of the molecule is CC(C)(C)[S@](=O)N=Cc1cccc(F)c1F. The summed E-state index contributed by atoms with van der Waals surface area (Å²) >= 11 is 0. The molecule has 0 unspecified atom stereocenters. The number of hydrogen-bond acceptors (Lipinski definition) is 1. The minimum absolute atomic E-state index is 0.00222. The lowest BCUT2D eigenvalue weighted by Gasteiger charge is -2.12. The molecule has 0 aromatic heterocycles. The normalized spacial score (nSPS) is 14.3. The molecule has 1 atom stereocenters. The number of rotatable bonds is 2. The largest absolute Gasteiger partial charge is 0.234 e. The van der Waals surface area contributed by atoms with Gasteiger partial charge in [0.05, 0.1) is 4.75 Å². The average molecular weight is 245 g/mol. The van der Waals surface area contributed by atoms with Crippen molar-refractivity contribution < 1.29 is 13.0 Å². The molecule has 0 aliphatic heterocycles. The summed E-state index contributed by atoms with van der Waals surface area (Å²) in [5.74, 6) is -1.91. The van der Waals surface area contributed by atoms with Crippen LogP contribution in [-0.2, 0) is 11.0 Å². The molecule has 0 fully saturated rings. The van der Waals surface area contributed by atoms with Crippen molar-refractivity contribution >= 4 is 17.2 Å². The maximum atomic E-state index is 13.2. The second-order valence-corrected chi connectivity index (χ2v) is 6.17. The standard InChI is InChI=1S/C11H13F2NOS/c1-11(2,3)16(15)14-7-8-5-4-6-9(12)10(8)13/h4-7H,1-3H3/t16-/m0/s1. The highest BCUT2D eigenvalue weighted by atomic mass is 32.2. The third-order valence-corrected chi connectivity index (χ3v) is 3.14. The van der Waals surface area contributed by atoms with Crippen molar-refractivity contribution in [1.82, 2.24) is 0 Å². The topological polar surface area (TPSA) is 29.4 Å². The summed E-state index contributed by atoms with van der Waals surface area (Å²) in [4.78, 5) is 0. The third-order valence-electron chi connectivity index (χ3n) is 1.79. The number of hydrogen-bond donors (Lipinski definition) is 0. The number of benzene rings is 1. The summed E-state index contributed by atoms with van der Waals surface area (Å²) in [5, 5.41) is 0. The Balaban J connectivity index is 2.94. The smallest absolute Gasteiger partial charge is 0.167 e. The molecule has 0 amide bonds. The summed E-state index contributed by atoms with van der Waals surface area (Å²) < 4.78 is 40.7. The van der Waals surface area contributed by atoms with Crippen LogP contribution in [0.2, 0.25) is 0 Å². The molecular weight excluding hydrogens is 232 g/mol. The fraction of sp³-hybridized carbons (Fsp3) is 0.364. The van der Waals surface area contributed by atoms with Crippen molar-refractivity contribution in [2.24, 2.45) is 4.40 Å². The Kier molecular flexibility index (Phi) is 3.91. The van der Waals surface area contributed by atoms with Gasteiger partial charge in [-0.2, -0.15) is 4.40 Å². The molecule has 0 N–H and O–H groups in total. The van der Waals surface area contributed by atoms with Gasteiger partial charge in [0.15, 0.2) is 11.6 Å². The zero-order valence-corrected chi connectivity index (χ0v) is 10.1. The molecule has 1 aromatic rings. The molecule has 2 nitrogen and oxygen atoms in total. The molecule has 5 heteroatoms. The first-order valence-electron chi connectivity index (χ1n) is 4.72. The van der Waals surface area contributed by atoms with E-state index in [4.69, 9.17) is 0 Å². The maximum absolute atomic E-state index is 13.2. The second kappa shape index (κ2) is 4.82. The van der Waals surface area contributed by atoms with E-state index >= 15 is 0 Å². The van der Waals surface area contributed by atoms with Crippen LogP contribution in [0.3, 0.4) is 0 Å². The summed E-state index contributed by atoms with van der Waals surface area (Å²) in [6.45, 7) is 5.26. The van der Waals surface area contributed by atoms with Gasteiger partial charge in [0.25, 0.3) is 0 Å². The van der Waals surface area contributed by atoms with Gasteiger partial charge in [-0.15, -0.1) is 0 Å². The predicted octanol–water partition coefficient (Wildman–Crippen LogP) is 2.85. The highest BCUT2D eigenvalue weighted by Gasteiger charge is 2.18. The Morgan fingerprint density at radius 2 is 1.94 bits per heavy atom. The van der Waals surface area contributed by atoms with Crippen LogP contribution in [0.15, 0.2) is 22.6 Å². The van der Waals surface area contributed by atoms with Crippen LogP contribution < -0.4 is 0 Å². The summed E-state index contributed by atoms with van der Waals surface area (Å²) in [5.41, 5.74) is -0.00222. The predicted molar refractivity (Wildman–Crippen MR) is 61.8 cm³/mol. The first kappa shape index (κ1) is 13.0. The molecule has 0 spiro atoms. The molecule has 0 heterocycles. The van der Waals surface area contributed by atoms with Crippen LogP contribution in [0.25, 0.3) is 0 Å². The molecule has 0 saturated heterocycles. The summed E-state index contributed by atoms with van der Waals surface area (Å²) in [6, 6.07) is 3.77. The van der Waals surface area contributed by atoms with Crippen molar-refractivity contribution in [3.8, 4) is 0 Å². The molecular formula is C11H13F2NOS. The fourth-order valence-corrected chi connectivity index (χ4v) is 1.41. The van der Waals surface area contributed by atoms with Crippen LogP contribution in [-0.4, -0.2) is 15.2 Å². The van der Waals surface area contributed by atoms with Gasteiger partial charge in [0.1, 0.15) is 11.0 Å². The van der Waals surface area contributed by atoms with E-state index in [9.17, 15) is 13.0 Å². The molecule has 16 heavy (non-hydrogen) atoms. The van der Waals surface area contributed by atoms with Gasteiger partial charge in [-0.05, 0) is 26.8 Å². The second-order valence-electron chi connectivity index (χ2n) is 4.24. The lowest BCUT2D eigenvalue weighted by molar-refractivity contribution is 0.507. The lowest BCUT2D eigenvalue weighted by atomic mass is 10.2. The first-order valence-corrected chi connectivity index (χ1v) is 5.83. The van der Waals surface area contributed by atoms with Crippen LogP contribution >= 0.6 is 0 Å². The van der Waals surface area contributed by atoms with Crippen LogP contribution in [0.4, 0.5) is 8.78 Å². The van der Waals surface area contributed by atoms with Gasteiger partial charge in [-0.25, -0.2) is 13.0 Å². The van der Waals surface area contributed by atoms with E-state index in [1.165, 1.54) is 12.1 Å². The molecule has 0 aliphatic carbocycles. The quantitative estimate of drug-likeness (QED) is 0.737. The first-order chi connectivity index (χ1) is 7.32. The molecule has 0 radical (unpaired) electrons. The van der Waals surface area contributed by atoms with E-state index in [0.29, 0.717) is 0 Å². The average Bonchev–Trinajstić information content (AvgIpc) is 2.18. The van der Waals surface area contributed by atoms with Gasteiger partial charge in [-0.3, -0.25) is 0 Å². The number of nitrogens with zero attached hydrogens (tertiary/aromatic N) is 1. The lowest BCUT2D eigenvalue weighted by Crippen LogP contribution is -2.19. The minimum Gasteiger partial charge on any atom is -0.234 e. The van der Waals surface area contributed by atoms with Crippen LogP contribution in [0.5, 0.6) is 0 Å². The Morgan fingerprint density at radius 1 is 1.31 bits per heavy atom. The maximum Gasteiger partial charge on any atom is 0.167 e.